The summed E-state index contributed by atoms with van der Waals surface area (Å²) in [5.74, 6) is -1.71. The standard InChI is InChI=1S/C22H22N4O6/c1-24-13-14(19(28)25-8-10-32-11-9-25)12-17(22(24)31)23-18(27)6-7-26-20(29)15-4-2-3-5-16(15)21(26)30/h2-5,12-13H,6-11H2,1H3,(H,23,27). The Balaban J connectivity index is 1.44. The summed E-state index contributed by atoms with van der Waals surface area (Å²) in [4.78, 5) is 65.1. The minimum Gasteiger partial charge on any atom is -0.378 e. The van der Waals surface area contributed by atoms with Crippen molar-refractivity contribution in [1.29, 1.82) is 0 Å². The number of ether oxygens (including phenoxy) is 1. The number of nitrogens with one attached hydrogen (secondary N) is 1. The van der Waals surface area contributed by atoms with E-state index < -0.39 is 23.3 Å². The number of carbonyl (C=O) groups is 4. The summed E-state index contributed by atoms with van der Waals surface area (Å²) in [6.45, 7) is 1.66. The predicted molar refractivity (Wildman–Crippen MR) is 113 cm³/mol. The normalized spacial score (nSPS) is 15.7. The maximum Gasteiger partial charge on any atom is 0.274 e. The first-order valence-electron chi connectivity index (χ1n) is 10.2. The smallest absolute Gasteiger partial charge is 0.274 e. The number of aromatic nitrogens is 1. The van der Waals surface area contributed by atoms with Crippen molar-refractivity contribution in [2.45, 2.75) is 6.42 Å². The van der Waals surface area contributed by atoms with E-state index in [9.17, 15) is 24.0 Å². The highest BCUT2D eigenvalue weighted by atomic mass is 16.5. The van der Waals surface area contributed by atoms with E-state index >= 15 is 0 Å². The van der Waals surface area contributed by atoms with Gasteiger partial charge in [-0.05, 0) is 18.2 Å². The van der Waals surface area contributed by atoms with Gasteiger partial charge in [-0.15, -0.1) is 0 Å². The first-order chi connectivity index (χ1) is 15.4. The molecule has 166 valence electrons. The van der Waals surface area contributed by atoms with Crippen LogP contribution in [0, 0.1) is 0 Å². The summed E-state index contributed by atoms with van der Waals surface area (Å²) in [6.07, 6.45) is 1.24. The topological polar surface area (TPSA) is 118 Å². The monoisotopic (exact) mass is 438 g/mol. The summed E-state index contributed by atoms with van der Waals surface area (Å²) >= 11 is 0. The highest BCUT2D eigenvalue weighted by Crippen LogP contribution is 2.22. The molecule has 0 atom stereocenters. The number of fused-ring (bicyclic) bond motifs is 1. The molecule has 0 aliphatic carbocycles. The number of anilines is 1. The summed E-state index contributed by atoms with van der Waals surface area (Å²) in [5.41, 5.74) is 0.364. The molecular formula is C22H22N4O6. The Morgan fingerprint density at radius 3 is 2.28 bits per heavy atom. The summed E-state index contributed by atoms with van der Waals surface area (Å²) in [5, 5.41) is 2.51. The third kappa shape index (κ3) is 4.04. The van der Waals surface area contributed by atoms with Crippen LogP contribution in [-0.4, -0.2) is 70.8 Å². The Labute approximate surface area is 183 Å². The van der Waals surface area contributed by atoms with Crippen LogP contribution in [-0.2, 0) is 16.6 Å². The molecule has 0 saturated carbocycles. The zero-order valence-corrected chi connectivity index (χ0v) is 17.5. The van der Waals surface area contributed by atoms with E-state index in [2.05, 4.69) is 5.32 Å². The van der Waals surface area contributed by atoms with Gasteiger partial charge in [0.25, 0.3) is 23.3 Å². The highest BCUT2D eigenvalue weighted by molar-refractivity contribution is 6.21. The molecule has 2 aliphatic rings. The van der Waals surface area contributed by atoms with E-state index in [0.29, 0.717) is 37.4 Å². The number of hydrogen-bond donors (Lipinski definition) is 1. The van der Waals surface area contributed by atoms with Gasteiger partial charge in [-0.2, -0.15) is 0 Å². The van der Waals surface area contributed by atoms with Crippen LogP contribution in [0.15, 0.2) is 41.3 Å². The third-order valence-electron chi connectivity index (χ3n) is 5.44. The van der Waals surface area contributed by atoms with Crippen LogP contribution in [0.1, 0.15) is 37.5 Å². The molecule has 1 saturated heterocycles. The average molecular weight is 438 g/mol. The van der Waals surface area contributed by atoms with Crippen LogP contribution in [0.2, 0.25) is 0 Å². The molecule has 0 unspecified atom stereocenters. The Kier molecular flexibility index (Phi) is 5.87. The number of pyridine rings is 1. The minimum atomic E-state index is -0.547. The second-order valence-corrected chi connectivity index (χ2v) is 7.57. The Morgan fingerprint density at radius 2 is 1.66 bits per heavy atom. The zero-order valence-electron chi connectivity index (χ0n) is 17.5. The number of aryl methyl sites for hydroxylation is 1. The second-order valence-electron chi connectivity index (χ2n) is 7.57. The Morgan fingerprint density at radius 1 is 1.03 bits per heavy atom. The van der Waals surface area contributed by atoms with Gasteiger partial charge in [-0.3, -0.25) is 28.9 Å². The first-order valence-corrected chi connectivity index (χ1v) is 10.2. The molecule has 0 spiro atoms. The first kappa shape index (κ1) is 21.4. The quantitative estimate of drug-likeness (QED) is 0.679. The van der Waals surface area contributed by atoms with Gasteiger partial charge < -0.3 is 19.5 Å². The van der Waals surface area contributed by atoms with Crippen molar-refractivity contribution in [3.8, 4) is 0 Å². The third-order valence-corrected chi connectivity index (χ3v) is 5.44. The number of amides is 4. The number of rotatable bonds is 5. The van der Waals surface area contributed by atoms with Crippen LogP contribution in [0.25, 0.3) is 0 Å². The molecule has 4 rings (SSSR count). The molecule has 0 bridgehead atoms. The molecule has 1 aromatic carbocycles. The van der Waals surface area contributed by atoms with Gasteiger partial charge in [0.1, 0.15) is 5.69 Å². The minimum absolute atomic E-state index is 0.0426. The van der Waals surface area contributed by atoms with Crippen LogP contribution >= 0.6 is 0 Å². The maximum atomic E-state index is 12.7. The summed E-state index contributed by atoms with van der Waals surface area (Å²) in [6, 6.07) is 7.81. The van der Waals surface area contributed by atoms with E-state index in [0.717, 1.165) is 4.90 Å². The van der Waals surface area contributed by atoms with Crippen molar-refractivity contribution >= 4 is 29.3 Å². The summed E-state index contributed by atoms with van der Waals surface area (Å²) < 4.78 is 6.48. The number of imide groups is 1. The number of benzene rings is 1. The van der Waals surface area contributed by atoms with Gasteiger partial charge in [0.05, 0.1) is 29.9 Å². The molecule has 1 aromatic heterocycles. The van der Waals surface area contributed by atoms with Gasteiger partial charge in [0.15, 0.2) is 0 Å². The zero-order chi connectivity index (χ0) is 22.8. The fraction of sp³-hybridized carbons (Fsp3) is 0.318. The van der Waals surface area contributed by atoms with Crippen molar-refractivity contribution in [1.82, 2.24) is 14.4 Å². The molecular weight excluding hydrogens is 416 g/mol. The number of nitrogens with zero attached hydrogens (tertiary/aromatic N) is 3. The van der Waals surface area contributed by atoms with Gasteiger partial charge >= 0.3 is 0 Å². The fourth-order valence-electron chi connectivity index (χ4n) is 3.74. The van der Waals surface area contributed by atoms with E-state index in [-0.39, 0.29) is 30.1 Å². The number of hydrogen-bond acceptors (Lipinski definition) is 6. The Hall–Kier alpha value is -3.79. The van der Waals surface area contributed by atoms with E-state index in [1.807, 2.05) is 0 Å². The fourth-order valence-corrected chi connectivity index (χ4v) is 3.74. The van der Waals surface area contributed by atoms with Crippen LogP contribution in [0.5, 0.6) is 0 Å². The van der Waals surface area contributed by atoms with Crippen molar-refractivity contribution in [3.05, 3.63) is 63.6 Å². The van der Waals surface area contributed by atoms with Crippen molar-refractivity contribution in [3.63, 3.8) is 0 Å². The molecule has 1 fully saturated rings. The van der Waals surface area contributed by atoms with Crippen molar-refractivity contribution in [2.24, 2.45) is 7.05 Å². The van der Waals surface area contributed by atoms with Gasteiger partial charge in [-0.25, -0.2) is 0 Å². The molecule has 32 heavy (non-hydrogen) atoms. The molecule has 3 heterocycles. The SMILES string of the molecule is Cn1cc(C(=O)N2CCOCC2)cc(NC(=O)CCN2C(=O)c3ccccc3C2=O)c1=O. The largest absolute Gasteiger partial charge is 0.378 e. The molecule has 2 aromatic rings. The van der Waals surface area contributed by atoms with Crippen LogP contribution in [0.4, 0.5) is 5.69 Å². The number of carbonyl (C=O) groups excluding carboxylic acids is 4. The summed E-state index contributed by atoms with van der Waals surface area (Å²) in [7, 11) is 1.49. The van der Waals surface area contributed by atoms with Crippen LogP contribution < -0.4 is 10.9 Å². The van der Waals surface area contributed by atoms with Crippen molar-refractivity contribution in [2.75, 3.05) is 38.2 Å². The van der Waals surface area contributed by atoms with Gasteiger partial charge in [0, 0.05) is 39.3 Å². The average Bonchev–Trinajstić information content (AvgIpc) is 3.05. The number of morpholine rings is 1. The highest BCUT2D eigenvalue weighted by Gasteiger charge is 2.35. The molecule has 10 nitrogen and oxygen atoms in total. The van der Waals surface area contributed by atoms with Crippen molar-refractivity contribution < 1.29 is 23.9 Å². The van der Waals surface area contributed by atoms with Gasteiger partial charge in [-0.1, -0.05) is 12.1 Å². The lowest BCUT2D eigenvalue weighted by Gasteiger charge is -2.27. The molecule has 10 heteroatoms. The molecule has 4 amide bonds. The lowest BCUT2D eigenvalue weighted by atomic mass is 10.1. The Bertz CT molecular complexity index is 1130. The lowest BCUT2D eigenvalue weighted by Crippen LogP contribution is -2.41. The molecule has 1 N–H and O–H groups in total. The maximum absolute atomic E-state index is 12.7. The van der Waals surface area contributed by atoms with Gasteiger partial charge in [0.2, 0.25) is 5.91 Å². The molecule has 2 aliphatic heterocycles. The molecule has 0 radical (unpaired) electrons. The van der Waals surface area contributed by atoms with Crippen LogP contribution in [0.3, 0.4) is 0 Å². The predicted octanol–water partition coefficient (Wildman–Crippen LogP) is 0.483. The second kappa shape index (κ2) is 8.75. The van der Waals surface area contributed by atoms with E-state index in [1.54, 1.807) is 29.2 Å². The van der Waals surface area contributed by atoms with E-state index in [4.69, 9.17) is 4.74 Å². The lowest BCUT2D eigenvalue weighted by molar-refractivity contribution is -0.116. The van der Waals surface area contributed by atoms with E-state index in [1.165, 1.54) is 23.9 Å².